The number of fused-ring (bicyclic) bond motifs is 1. The third kappa shape index (κ3) is 6.15. The van der Waals surface area contributed by atoms with Gasteiger partial charge in [0.1, 0.15) is 11.3 Å². The lowest BCUT2D eigenvalue weighted by atomic mass is 10.0. The van der Waals surface area contributed by atoms with E-state index in [0.29, 0.717) is 24.0 Å². The second kappa shape index (κ2) is 11.3. The number of benzene rings is 2. The molecule has 2 aromatic heterocycles. The third-order valence-electron chi connectivity index (χ3n) is 6.60. The van der Waals surface area contributed by atoms with Crippen LogP contribution in [0, 0.1) is 0 Å². The Kier molecular flexibility index (Phi) is 7.51. The molecule has 0 bridgehead atoms. The monoisotopic (exact) mass is 469 g/mol. The van der Waals surface area contributed by atoms with E-state index < -0.39 is 5.63 Å². The molecule has 1 saturated heterocycles. The number of likely N-dealkylation sites (tertiary alicyclic amines) is 1. The number of nitrogens with one attached hydrogen (secondary N) is 1. The van der Waals surface area contributed by atoms with Gasteiger partial charge in [-0.3, -0.25) is 4.98 Å². The van der Waals surface area contributed by atoms with E-state index in [2.05, 4.69) is 45.5 Å². The summed E-state index contributed by atoms with van der Waals surface area (Å²) in [6.07, 6.45) is 6.77. The number of ether oxygens (including phenoxy) is 1. The number of hydrogen-bond donors (Lipinski definition) is 1. The second-order valence-electron chi connectivity index (χ2n) is 9.07. The Hall–Kier alpha value is -3.48. The molecule has 0 aliphatic carbocycles. The highest BCUT2D eigenvalue weighted by Crippen LogP contribution is 2.28. The molecule has 0 atom stereocenters. The summed E-state index contributed by atoms with van der Waals surface area (Å²) in [6, 6.07) is 22.3. The van der Waals surface area contributed by atoms with Gasteiger partial charge in [-0.1, -0.05) is 42.5 Å². The first kappa shape index (κ1) is 23.3. The van der Waals surface area contributed by atoms with Crippen LogP contribution in [-0.2, 0) is 6.54 Å². The topological polar surface area (TPSA) is 67.6 Å². The van der Waals surface area contributed by atoms with E-state index in [1.165, 1.54) is 11.6 Å². The molecule has 1 aliphatic heterocycles. The van der Waals surface area contributed by atoms with Gasteiger partial charge < -0.3 is 19.4 Å². The summed E-state index contributed by atoms with van der Waals surface area (Å²) in [6.45, 7) is 4.69. The van der Waals surface area contributed by atoms with Crippen LogP contribution in [-0.4, -0.2) is 42.2 Å². The highest BCUT2D eigenvalue weighted by molar-refractivity contribution is 5.87. The number of piperidine rings is 1. The maximum absolute atomic E-state index is 12.1. The Balaban J connectivity index is 1.10. The summed E-state index contributed by atoms with van der Waals surface area (Å²) in [5.74, 6) is 0.581. The largest absolute Gasteiger partial charge is 0.492 e. The van der Waals surface area contributed by atoms with Gasteiger partial charge in [-0.05, 0) is 61.7 Å². The predicted octanol–water partition coefficient (Wildman–Crippen LogP) is 4.88. The highest BCUT2D eigenvalue weighted by atomic mass is 16.5. The van der Waals surface area contributed by atoms with Gasteiger partial charge in [-0.25, -0.2) is 4.79 Å². The van der Waals surface area contributed by atoms with Crippen molar-refractivity contribution in [3.8, 4) is 16.9 Å². The first-order chi connectivity index (χ1) is 17.2. The highest BCUT2D eigenvalue weighted by Gasteiger charge is 2.18. The summed E-state index contributed by atoms with van der Waals surface area (Å²) in [4.78, 5) is 18.8. The molecule has 0 spiro atoms. The third-order valence-corrected chi connectivity index (χ3v) is 6.60. The predicted molar refractivity (Wildman–Crippen MR) is 139 cm³/mol. The van der Waals surface area contributed by atoms with Crippen LogP contribution in [0.5, 0.6) is 5.75 Å². The zero-order chi connectivity index (χ0) is 23.9. The van der Waals surface area contributed by atoms with Crippen LogP contribution in [0.3, 0.4) is 0 Å². The van der Waals surface area contributed by atoms with Crippen molar-refractivity contribution in [2.75, 3.05) is 26.2 Å². The van der Waals surface area contributed by atoms with Crippen molar-refractivity contribution < 1.29 is 9.15 Å². The summed E-state index contributed by atoms with van der Waals surface area (Å²) >= 11 is 0. The number of aromatic nitrogens is 1. The molecule has 0 saturated carbocycles. The number of pyridine rings is 1. The maximum atomic E-state index is 12.1. The fraction of sp³-hybridized carbons (Fsp3) is 0.310. The summed E-state index contributed by atoms with van der Waals surface area (Å²) in [5.41, 5.74) is 3.39. The molecule has 1 aliphatic rings. The first-order valence-corrected chi connectivity index (χ1v) is 12.4. The van der Waals surface area contributed by atoms with Crippen molar-refractivity contribution in [2.24, 2.45) is 0 Å². The van der Waals surface area contributed by atoms with Crippen LogP contribution in [0.2, 0.25) is 0 Å². The van der Waals surface area contributed by atoms with E-state index >= 15 is 0 Å². The van der Waals surface area contributed by atoms with E-state index in [4.69, 9.17) is 9.15 Å². The lowest BCUT2D eigenvalue weighted by molar-refractivity contribution is 0.182. The number of nitrogens with zero attached hydrogens (tertiary/aromatic N) is 2. The van der Waals surface area contributed by atoms with Crippen molar-refractivity contribution in [2.45, 2.75) is 31.8 Å². The van der Waals surface area contributed by atoms with Crippen LogP contribution in [0.4, 0.5) is 0 Å². The molecular weight excluding hydrogens is 438 g/mol. The molecule has 35 heavy (non-hydrogen) atoms. The van der Waals surface area contributed by atoms with Crippen molar-refractivity contribution in [1.82, 2.24) is 15.2 Å². The molecule has 0 radical (unpaired) electrons. The molecule has 4 aromatic rings. The molecular formula is C29H31N3O3. The Bertz CT molecular complexity index is 1280. The Morgan fingerprint density at radius 1 is 1.00 bits per heavy atom. The van der Waals surface area contributed by atoms with E-state index in [1.54, 1.807) is 12.4 Å². The van der Waals surface area contributed by atoms with E-state index in [-0.39, 0.29) is 0 Å². The fourth-order valence-electron chi connectivity index (χ4n) is 4.65. The molecule has 5 rings (SSSR count). The van der Waals surface area contributed by atoms with Crippen LogP contribution in [0.1, 0.15) is 24.8 Å². The lowest BCUT2D eigenvalue weighted by Crippen LogP contribution is -2.42. The van der Waals surface area contributed by atoms with Crippen LogP contribution < -0.4 is 15.7 Å². The standard InChI is InChI=1S/C29H31N3O3/c33-29-19-27(26-10-9-23(18-28(26)35-29)24-8-4-13-30-21-24)34-17-5-14-32-15-11-25(12-16-32)31-20-22-6-2-1-3-7-22/h1-4,6-10,13,18-19,21,25,31H,5,11-12,14-17,20H2. The fourth-order valence-corrected chi connectivity index (χ4v) is 4.65. The zero-order valence-corrected chi connectivity index (χ0v) is 19.9. The Labute approximate surface area is 205 Å². The summed E-state index contributed by atoms with van der Waals surface area (Å²) in [5, 5.41) is 4.50. The molecule has 6 nitrogen and oxygen atoms in total. The van der Waals surface area contributed by atoms with Crippen LogP contribution >= 0.6 is 0 Å². The van der Waals surface area contributed by atoms with Gasteiger partial charge in [-0.2, -0.15) is 0 Å². The van der Waals surface area contributed by atoms with Crippen molar-refractivity contribution in [1.29, 1.82) is 0 Å². The molecule has 0 amide bonds. The van der Waals surface area contributed by atoms with Crippen molar-refractivity contribution >= 4 is 11.0 Å². The molecule has 6 heteroatoms. The molecule has 1 fully saturated rings. The molecule has 2 aromatic carbocycles. The van der Waals surface area contributed by atoms with Crippen LogP contribution in [0.15, 0.2) is 88.3 Å². The van der Waals surface area contributed by atoms with Crippen molar-refractivity contribution in [3.05, 3.63) is 95.1 Å². The summed E-state index contributed by atoms with van der Waals surface area (Å²) < 4.78 is 11.5. The van der Waals surface area contributed by atoms with Gasteiger partial charge in [0.25, 0.3) is 0 Å². The number of rotatable bonds is 9. The van der Waals surface area contributed by atoms with Crippen molar-refractivity contribution in [3.63, 3.8) is 0 Å². The smallest absolute Gasteiger partial charge is 0.339 e. The van der Waals surface area contributed by atoms with Gasteiger partial charge in [0.2, 0.25) is 0 Å². The van der Waals surface area contributed by atoms with E-state index in [1.807, 2.05) is 30.3 Å². The minimum atomic E-state index is -0.402. The quantitative estimate of drug-likeness (QED) is 0.278. The van der Waals surface area contributed by atoms with Crippen LogP contribution in [0.25, 0.3) is 22.1 Å². The van der Waals surface area contributed by atoms with Gasteiger partial charge in [-0.15, -0.1) is 0 Å². The molecule has 180 valence electrons. The Morgan fingerprint density at radius 2 is 1.86 bits per heavy atom. The van der Waals surface area contributed by atoms with E-state index in [9.17, 15) is 4.79 Å². The Morgan fingerprint density at radius 3 is 2.66 bits per heavy atom. The molecule has 1 N–H and O–H groups in total. The first-order valence-electron chi connectivity index (χ1n) is 12.4. The van der Waals surface area contributed by atoms with Gasteiger partial charge in [0.15, 0.2) is 0 Å². The summed E-state index contributed by atoms with van der Waals surface area (Å²) in [7, 11) is 0. The minimum absolute atomic E-state index is 0.402. The van der Waals surface area contributed by atoms with Gasteiger partial charge in [0.05, 0.1) is 18.1 Å². The maximum Gasteiger partial charge on any atom is 0.339 e. The van der Waals surface area contributed by atoms with Gasteiger partial charge >= 0.3 is 5.63 Å². The van der Waals surface area contributed by atoms with E-state index in [0.717, 1.165) is 62.0 Å². The average molecular weight is 470 g/mol. The second-order valence-corrected chi connectivity index (χ2v) is 9.07. The molecule has 3 heterocycles. The normalized spacial score (nSPS) is 14.9. The zero-order valence-electron chi connectivity index (χ0n) is 19.9. The average Bonchev–Trinajstić information content (AvgIpc) is 2.91. The molecule has 0 unspecified atom stereocenters. The minimum Gasteiger partial charge on any atom is -0.492 e. The number of hydrogen-bond acceptors (Lipinski definition) is 6. The SMILES string of the molecule is O=c1cc(OCCCN2CCC(NCc3ccccc3)CC2)c2ccc(-c3cccnc3)cc2o1. The lowest BCUT2D eigenvalue weighted by Gasteiger charge is -2.32. The van der Waals surface area contributed by atoms with Gasteiger partial charge in [0, 0.05) is 37.1 Å².